The lowest BCUT2D eigenvalue weighted by atomic mass is 10.3. The van der Waals surface area contributed by atoms with Crippen LogP contribution in [0.3, 0.4) is 0 Å². The maximum absolute atomic E-state index is 11.0. The van der Waals surface area contributed by atoms with Gasteiger partial charge in [-0.25, -0.2) is 4.98 Å². The molecule has 0 radical (unpaired) electrons. The first-order valence-electron chi connectivity index (χ1n) is 5.32. The van der Waals surface area contributed by atoms with E-state index >= 15 is 0 Å². The van der Waals surface area contributed by atoms with E-state index < -0.39 is 0 Å². The maximum Gasteiger partial charge on any atom is 0.212 e. The Labute approximate surface area is 101 Å². The van der Waals surface area contributed by atoms with Crippen LogP contribution >= 0.6 is 0 Å². The third kappa shape index (κ3) is 1.51. The Bertz CT molecular complexity index is 701. The quantitative estimate of drug-likeness (QED) is 0.716. The molecule has 0 unspecified atom stereocenters. The Morgan fingerprint density at radius 3 is 2.94 bits per heavy atom. The Morgan fingerprint density at radius 1 is 1.39 bits per heavy atom. The van der Waals surface area contributed by atoms with Crippen molar-refractivity contribution in [2.75, 3.05) is 0 Å². The molecule has 0 aliphatic rings. The van der Waals surface area contributed by atoms with Gasteiger partial charge in [-0.1, -0.05) is 6.07 Å². The molecule has 1 N–H and O–H groups in total. The van der Waals surface area contributed by atoms with Gasteiger partial charge in [0.2, 0.25) is 5.82 Å². The summed E-state index contributed by atoms with van der Waals surface area (Å²) in [6.07, 6.45) is 3.14. The lowest BCUT2D eigenvalue weighted by Gasteiger charge is -1.98. The van der Waals surface area contributed by atoms with Gasteiger partial charge in [0.05, 0.1) is 12.9 Å². The zero-order valence-electron chi connectivity index (χ0n) is 9.28. The largest absolute Gasteiger partial charge is 0.463 e. The van der Waals surface area contributed by atoms with Crippen LogP contribution in [0.25, 0.3) is 17.1 Å². The lowest BCUT2D eigenvalue weighted by molar-refractivity contribution is 0.281. The molecule has 6 heteroatoms. The van der Waals surface area contributed by atoms with E-state index in [9.17, 15) is 4.91 Å². The number of aliphatic hydroxyl groups is 1. The minimum atomic E-state index is -0.109. The molecule has 0 bridgehead atoms. The molecule has 0 atom stereocenters. The topological polar surface area (TPSA) is 80.1 Å². The number of furan rings is 1. The molecule has 0 aliphatic carbocycles. The van der Waals surface area contributed by atoms with Crippen molar-refractivity contribution in [3.63, 3.8) is 0 Å². The van der Waals surface area contributed by atoms with Gasteiger partial charge in [-0.05, 0) is 28.9 Å². The highest BCUT2D eigenvalue weighted by molar-refractivity contribution is 5.71. The molecule has 6 nitrogen and oxygen atoms in total. The highest BCUT2D eigenvalue weighted by Crippen LogP contribution is 2.31. The minimum Gasteiger partial charge on any atom is -0.463 e. The standard InChI is InChI=1S/C12H9N3O3/c16-7-8-3-4-10-13-11(9-2-1-5-18-9)12(14-17)15(10)6-8/h1-6,16H,7H2. The van der Waals surface area contributed by atoms with Gasteiger partial charge in [0.25, 0.3) is 0 Å². The van der Waals surface area contributed by atoms with Crippen molar-refractivity contribution in [1.82, 2.24) is 9.38 Å². The average molecular weight is 243 g/mol. The van der Waals surface area contributed by atoms with E-state index in [0.717, 1.165) is 0 Å². The third-order valence-electron chi connectivity index (χ3n) is 2.68. The molecule has 0 amide bonds. The van der Waals surface area contributed by atoms with Crippen LogP contribution in [0, 0.1) is 4.91 Å². The predicted molar refractivity (Wildman–Crippen MR) is 64.3 cm³/mol. The van der Waals surface area contributed by atoms with Crippen LogP contribution in [0.4, 0.5) is 5.82 Å². The monoisotopic (exact) mass is 243 g/mol. The lowest BCUT2D eigenvalue weighted by Crippen LogP contribution is -1.89. The molecule has 18 heavy (non-hydrogen) atoms. The van der Waals surface area contributed by atoms with Crippen molar-refractivity contribution in [2.24, 2.45) is 5.18 Å². The number of aliphatic hydroxyl groups excluding tert-OH is 1. The molecule has 3 aromatic rings. The fourth-order valence-electron chi connectivity index (χ4n) is 1.84. The van der Waals surface area contributed by atoms with Gasteiger partial charge in [0.1, 0.15) is 5.65 Å². The van der Waals surface area contributed by atoms with Crippen LogP contribution in [0.1, 0.15) is 5.56 Å². The molecule has 0 fully saturated rings. The smallest absolute Gasteiger partial charge is 0.212 e. The molecule has 0 saturated carbocycles. The van der Waals surface area contributed by atoms with Crippen LogP contribution in [0.2, 0.25) is 0 Å². The van der Waals surface area contributed by atoms with Crippen molar-refractivity contribution < 1.29 is 9.52 Å². The van der Waals surface area contributed by atoms with E-state index in [0.29, 0.717) is 22.7 Å². The van der Waals surface area contributed by atoms with E-state index in [4.69, 9.17) is 9.52 Å². The van der Waals surface area contributed by atoms with Crippen molar-refractivity contribution in [2.45, 2.75) is 6.61 Å². The maximum atomic E-state index is 11.0. The number of nitroso groups, excluding NO2 is 1. The molecule has 0 saturated heterocycles. The number of nitrogens with zero attached hydrogens (tertiary/aromatic N) is 3. The molecule has 0 aromatic carbocycles. The highest BCUT2D eigenvalue weighted by Gasteiger charge is 2.16. The first-order valence-corrected chi connectivity index (χ1v) is 5.32. The van der Waals surface area contributed by atoms with Gasteiger partial charge in [-0.2, -0.15) is 0 Å². The Hall–Kier alpha value is -2.47. The fraction of sp³-hybridized carbons (Fsp3) is 0.0833. The second-order valence-corrected chi connectivity index (χ2v) is 3.78. The molecule has 3 aromatic heterocycles. The van der Waals surface area contributed by atoms with Crippen LogP contribution < -0.4 is 0 Å². The molecular formula is C12H9N3O3. The predicted octanol–water partition coefficient (Wildman–Crippen LogP) is 2.48. The Balaban J connectivity index is 2.30. The van der Waals surface area contributed by atoms with E-state index in [-0.39, 0.29) is 12.4 Å². The van der Waals surface area contributed by atoms with Crippen LogP contribution in [0.15, 0.2) is 46.3 Å². The minimum absolute atomic E-state index is 0.109. The number of rotatable bonds is 3. The summed E-state index contributed by atoms with van der Waals surface area (Å²) in [6, 6.07) is 6.88. The molecule has 3 rings (SSSR count). The summed E-state index contributed by atoms with van der Waals surface area (Å²) in [5, 5.41) is 12.1. The molecule has 0 spiro atoms. The average Bonchev–Trinajstić information content (AvgIpc) is 3.04. The molecule has 90 valence electrons. The second-order valence-electron chi connectivity index (χ2n) is 3.78. The summed E-state index contributed by atoms with van der Waals surface area (Å²) in [5.74, 6) is 0.647. The number of aromatic nitrogens is 2. The third-order valence-corrected chi connectivity index (χ3v) is 2.68. The Morgan fingerprint density at radius 2 is 2.28 bits per heavy atom. The van der Waals surface area contributed by atoms with Crippen LogP contribution in [-0.2, 0) is 6.61 Å². The van der Waals surface area contributed by atoms with Crippen LogP contribution in [0.5, 0.6) is 0 Å². The number of hydrogen-bond acceptors (Lipinski definition) is 5. The SMILES string of the molecule is O=Nc1c(-c2ccco2)nc2ccc(CO)cn12. The summed E-state index contributed by atoms with van der Waals surface area (Å²) in [4.78, 5) is 15.3. The summed E-state index contributed by atoms with van der Waals surface area (Å²) >= 11 is 0. The summed E-state index contributed by atoms with van der Waals surface area (Å²) in [7, 11) is 0. The molecule has 3 heterocycles. The van der Waals surface area contributed by atoms with Gasteiger partial charge in [-0.3, -0.25) is 4.40 Å². The van der Waals surface area contributed by atoms with Gasteiger partial charge in [0.15, 0.2) is 11.5 Å². The molecule has 0 aliphatic heterocycles. The van der Waals surface area contributed by atoms with E-state index in [1.165, 1.54) is 10.7 Å². The Kier molecular flexibility index (Phi) is 2.42. The second kappa shape index (κ2) is 4.08. The molecular weight excluding hydrogens is 234 g/mol. The van der Waals surface area contributed by atoms with Crippen molar-refractivity contribution >= 4 is 11.5 Å². The van der Waals surface area contributed by atoms with E-state index in [1.54, 1.807) is 30.5 Å². The van der Waals surface area contributed by atoms with Crippen molar-refractivity contribution in [3.8, 4) is 11.5 Å². The number of pyridine rings is 1. The number of hydrogen-bond donors (Lipinski definition) is 1. The van der Waals surface area contributed by atoms with Gasteiger partial charge < -0.3 is 9.52 Å². The van der Waals surface area contributed by atoms with Crippen molar-refractivity contribution in [1.29, 1.82) is 0 Å². The first kappa shape index (κ1) is 10.7. The van der Waals surface area contributed by atoms with E-state index in [1.807, 2.05) is 0 Å². The number of imidazole rings is 1. The zero-order chi connectivity index (χ0) is 12.5. The first-order chi connectivity index (χ1) is 8.83. The number of fused-ring (bicyclic) bond motifs is 1. The van der Waals surface area contributed by atoms with Gasteiger partial charge in [-0.15, -0.1) is 4.91 Å². The normalized spacial score (nSPS) is 10.9. The summed E-state index contributed by atoms with van der Waals surface area (Å²) in [5.41, 5.74) is 1.65. The summed E-state index contributed by atoms with van der Waals surface area (Å²) < 4.78 is 6.76. The highest BCUT2D eigenvalue weighted by atomic mass is 16.3. The fourth-order valence-corrected chi connectivity index (χ4v) is 1.84. The van der Waals surface area contributed by atoms with Crippen molar-refractivity contribution in [3.05, 3.63) is 47.2 Å². The summed E-state index contributed by atoms with van der Waals surface area (Å²) in [6.45, 7) is -0.109. The zero-order valence-corrected chi connectivity index (χ0v) is 9.28. The van der Waals surface area contributed by atoms with E-state index in [2.05, 4.69) is 10.2 Å². The van der Waals surface area contributed by atoms with Crippen LogP contribution in [-0.4, -0.2) is 14.5 Å². The van der Waals surface area contributed by atoms with Gasteiger partial charge in [0, 0.05) is 6.20 Å². The van der Waals surface area contributed by atoms with Gasteiger partial charge >= 0.3 is 0 Å².